The van der Waals surface area contributed by atoms with Crippen LogP contribution in [0, 0.1) is 11.8 Å². The van der Waals surface area contributed by atoms with Crippen LogP contribution in [0.4, 0.5) is 0 Å². The van der Waals surface area contributed by atoms with E-state index in [4.69, 9.17) is 0 Å². The third-order valence-corrected chi connectivity index (χ3v) is 3.72. The van der Waals surface area contributed by atoms with Crippen molar-refractivity contribution in [2.24, 2.45) is 11.8 Å². The van der Waals surface area contributed by atoms with Gasteiger partial charge in [-0.15, -0.1) is 0 Å². The van der Waals surface area contributed by atoms with E-state index in [1.165, 1.54) is 38.8 Å². The Kier molecular flexibility index (Phi) is 5.26. The number of β-amino-alcohol motifs (C(OH)–C–C–N with tert-alkyl or cyclic N) is 1. The van der Waals surface area contributed by atoms with Crippen LogP contribution in [0.5, 0.6) is 0 Å². The molecule has 0 spiro atoms. The summed E-state index contributed by atoms with van der Waals surface area (Å²) in [5.41, 5.74) is -0.532. The number of rotatable bonds is 7. The molecule has 0 bridgehead atoms. The predicted octanol–water partition coefficient (Wildman–Crippen LogP) is 2.91. The molecule has 1 aliphatic heterocycles. The Morgan fingerprint density at radius 1 is 1.31 bits per heavy atom. The fraction of sp³-hybridized carbons (Fsp3) is 1.00. The maximum Gasteiger partial charge on any atom is 0.0718 e. The molecule has 96 valence electrons. The quantitative estimate of drug-likeness (QED) is 0.723. The van der Waals surface area contributed by atoms with Gasteiger partial charge in [-0.2, -0.15) is 0 Å². The predicted molar refractivity (Wildman–Crippen MR) is 69.5 cm³/mol. The molecule has 0 aromatic rings. The lowest BCUT2D eigenvalue weighted by Crippen LogP contribution is -2.54. The van der Waals surface area contributed by atoms with Gasteiger partial charge in [0.25, 0.3) is 0 Å². The maximum atomic E-state index is 9.73. The highest BCUT2D eigenvalue weighted by Crippen LogP contribution is 2.30. The Labute approximate surface area is 101 Å². The summed E-state index contributed by atoms with van der Waals surface area (Å²) in [5, 5.41) is 9.73. The van der Waals surface area contributed by atoms with Gasteiger partial charge in [0.2, 0.25) is 0 Å². The van der Waals surface area contributed by atoms with Crippen LogP contribution in [-0.4, -0.2) is 35.2 Å². The monoisotopic (exact) mass is 227 g/mol. The summed E-state index contributed by atoms with van der Waals surface area (Å²) < 4.78 is 0. The fourth-order valence-corrected chi connectivity index (χ4v) is 2.82. The summed E-state index contributed by atoms with van der Waals surface area (Å²) in [7, 11) is 0. The minimum Gasteiger partial charge on any atom is -0.389 e. The SMILES string of the molecule is CCCCC(CC)C1CN(CC(C)(C)O)C1. The molecule has 1 fully saturated rings. The first-order chi connectivity index (χ1) is 7.46. The zero-order valence-corrected chi connectivity index (χ0v) is 11.5. The summed E-state index contributed by atoms with van der Waals surface area (Å²) in [6, 6.07) is 0. The van der Waals surface area contributed by atoms with Gasteiger partial charge >= 0.3 is 0 Å². The highest BCUT2D eigenvalue weighted by Gasteiger charge is 2.34. The van der Waals surface area contributed by atoms with Crippen molar-refractivity contribution < 1.29 is 5.11 Å². The number of unbranched alkanes of at least 4 members (excludes halogenated alkanes) is 1. The van der Waals surface area contributed by atoms with E-state index in [1.807, 2.05) is 13.8 Å². The van der Waals surface area contributed by atoms with Gasteiger partial charge in [-0.25, -0.2) is 0 Å². The maximum absolute atomic E-state index is 9.73. The lowest BCUT2D eigenvalue weighted by Gasteiger charge is -2.45. The number of aliphatic hydroxyl groups is 1. The first-order valence-corrected chi connectivity index (χ1v) is 6.91. The number of nitrogens with zero attached hydrogens (tertiary/aromatic N) is 1. The Bertz CT molecular complexity index is 191. The molecular formula is C14H29NO. The molecule has 1 saturated heterocycles. The van der Waals surface area contributed by atoms with Gasteiger partial charge in [-0.3, -0.25) is 4.90 Å². The van der Waals surface area contributed by atoms with Gasteiger partial charge in [0.05, 0.1) is 5.60 Å². The molecule has 0 amide bonds. The highest BCUT2D eigenvalue weighted by atomic mass is 16.3. The van der Waals surface area contributed by atoms with Crippen molar-refractivity contribution in [3.8, 4) is 0 Å². The van der Waals surface area contributed by atoms with Crippen molar-refractivity contribution in [1.82, 2.24) is 4.90 Å². The highest BCUT2D eigenvalue weighted by molar-refractivity contribution is 4.87. The third kappa shape index (κ3) is 4.42. The van der Waals surface area contributed by atoms with Crippen LogP contribution in [0.2, 0.25) is 0 Å². The zero-order chi connectivity index (χ0) is 12.2. The topological polar surface area (TPSA) is 23.5 Å². The van der Waals surface area contributed by atoms with Crippen molar-refractivity contribution >= 4 is 0 Å². The molecule has 1 heterocycles. The van der Waals surface area contributed by atoms with Crippen LogP contribution in [0.1, 0.15) is 53.4 Å². The number of hydrogen-bond donors (Lipinski definition) is 1. The summed E-state index contributed by atoms with van der Waals surface area (Å²) in [5.74, 6) is 1.80. The molecule has 1 aliphatic rings. The molecule has 0 aliphatic carbocycles. The normalized spacial score (nSPS) is 20.8. The average Bonchev–Trinajstić information content (AvgIpc) is 2.12. The molecule has 2 nitrogen and oxygen atoms in total. The minimum absolute atomic E-state index is 0.532. The van der Waals surface area contributed by atoms with Crippen LogP contribution in [0.3, 0.4) is 0 Å². The average molecular weight is 227 g/mol. The number of hydrogen-bond acceptors (Lipinski definition) is 2. The molecule has 16 heavy (non-hydrogen) atoms. The summed E-state index contributed by atoms with van der Waals surface area (Å²) >= 11 is 0. The zero-order valence-electron chi connectivity index (χ0n) is 11.5. The Morgan fingerprint density at radius 3 is 2.38 bits per heavy atom. The second-order valence-electron chi connectivity index (χ2n) is 6.08. The molecule has 1 rings (SSSR count). The van der Waals surface area contributed by atoms with Gasteiger partial charge in [0.15, 0.2) is 0 Å². The van der Waals surface area contributed by atoms with Crippen LogP contribution in [0.15, 0.2) is 0 Å². The molecule has 0 aromatic heterocycles. The first-order valence-electron chi connectivity index (χ1n) is 6.91. The summed E-state index contributed by atoms with van der Waals surface area (Å²) in [6.07, 6.45) is 5.41. The van der Waals surface area contributed by atoms with E-state index in [0.717, 1.165) is 18.4 Å². The molecule has 0 saturated carbocycles. The van der Waals surface area contributed by atoms with Crippen LogP contribution in [0.25, 0.3) is 0 Å². The van der Waals surface area contributed by atoms with E-state index in [2.05, 4.69) is 18.7 Å². The molecule has 1 atom stereocenters. The van der Waals surface area contributed by atoms with E-state index in [0.29, 0.717) is 0 Å². The van der Waals surface area contributed by atoms with Crippen molar-refractivity contribution in [2.45, 2.75) is 59.0 Å². The van der Waals surface area contributed by atoms with E-state index < -0.39 is 5.60 Å². The van der Waals surface area contributed by atoms with E-state index >= 15 is 0 Å². The molecule has 2 heteroatoms. The second-order valence-corrected chi connectivity index (χ2v) is 6.08. The van der Waals surface area contributed by atoms with Gasteiger partial charge in [-0.05, 0) is 25.7 Å². The van der Waals surface area contributed by atoms with E-state index in [1.54, 1.807) is 0 Å². The number of likely N-dealkylation sites (tertiary alicyclic amines) is 1. The standard InChI is InChI=1S/C14H29NO/c1-5-7-8-12(6-2)13-9-15(10-13)11-14(3,4)16/h12-13,16H,5-11H2,1-4H3. The first kappa shape index (κ1) is 14.0. The van der Waals surface area contributed by atoms with Crippen LogP contribution >= 0.6 is 0 Å². The molecule has 0 aromatic carbocycles. The molecule has 0 radical (unpaired) electrons. The van der Waals surface area contributed by atoms with Crippen LogP contribution < -0.4 is 0 Å². The van der Waals surface area contributed by atoms with Crippen LogP contribution in [-0.2, 0) is 0 Å². The summed E-state index contributed by atoms with van der Waals surface area (Å²) in [4.78, 5) is 2.39. The molecular weight excluding hydrogens is 198 g/mol. The molecule has 1 N–H and O–H groups in total. The van der Waals surface area contributed by atoms with Gasteiger partial charge in [0, 0.05) is 19.6 Å². The Balaban J connectivity index is 2.22. The lowest BCUT2D eigenvalue weighted by atomic mass is 9.80. The lowest BCUT2D eigenvalue weighted by molar-refractivity contribution is -0.0243. The second kappa shape index (κ2) is 6.02. The van der Waals surface area contributed by atoms with Crippen molar-refractivity contribution in [2.75, 3.05) is 19.6 Å². The minimum atomic E-state index is -0.532. The largest absolute Gasteiger partial charge is 0.389 e. The van der Waals surface area contributed by atoms with Crippen molar-refractivity contribution in [3.63, 3.8) is 0 Å². The van der Waals surface area contributed by atoms with Gasteiger partial charge < -0.3 is 5.11 Å². The Hall–Kier alpha value is -0.0800. The van der Waals surface area contributed by atoms with Crippen molar-refractivity contribution in [1.29, 1.82) is 0 Å². The molecule has 1 unspecified atom stereocenters. The van der Waals surface area contributed by atoms with E-state index in [-0.39, 0.29) is 0 Å². The Morgan fingerprint density at radius 2 is 1.94 bits per heavy atom. The fourth-order valence-electron chi connectivity index (χ4n) is 2.82. The smallest absolute Gasteiger partial charge is 0.0718 e. The van der Waals surface area contributed by atoms with E-state index in [9.17, 15) is 5.11 Å². The van der Waals surface area contributed by atoms with Crippen molar-refractivity contribution in [3.05, 3.63) is 0 Å². The van der Waals surface area contributed by atoms with Gasteiger partial charge in [-0.1, -0.05) is 39.5 Å². The van der Waals surface area contributed by atoms with Gasteiger partial charge in [0.1, 0.15) is 0 Å². The summed E-state index contributed by atoms with van der Waals surface area (Å²) in [6.45, 7) is 11.6. The third-order valence-electron chi connectivity index (χ3n) is 3.72.